The maximum absolute atomic E-state index is 8.93. The van der Waals surface area contributed by atoms with Gasteiger partial charge in [-0.3, -0.25) is 0 Å². The van der Waals surface area contributed by atoms with Crippen molar-refractivity contribution in [2.75, 3.05) is 0 Å². The van der Waals surface area contributed by atoms with E-state index in [-0.39, 0.29) is 42.7 Å². The summed E-state index contributed by atoms with van der Waals surface area (Å²) in [4.78, 5) is 8.93. The maximum Gasteiger partial charge on any atom is 0 e. The second kappa shape index (κ2) is 17.1. The Morgan fingerprint density at radius 1 is 1.67 bits per heavy atom. The fraction of sp³-hybridized carbons (Fsp3) is 0. The molecule has 0 heterocycles. The molecule has 0 saturated carbocycles. The van der Waals surface area contributed by atoms with Crippen LogP contribution in [0.4, 0.5) is 0 Å². The Morgan fingerprint density at radius 2 is 1.83 bits per heavy atom. The summed E-state index contributed by atoms with van der Waals surface area (Å²) in [5.41, 5.74) is 0. The van der Waals surface area contributed by atoms with Gasteiger partial charge in [-0.1, -0.05) is 0 Å². The zero-order valence-corrected chi connectivity index (χ0v) is 6.45. The molecule has 0 rings (SSSR count). The second-order valence-corrected chi connectivity index (χ2v) is 0.322. The zero-order chi connectivity index (χ0) is 3.41. The molecule has 3 heteroatoms. The molecule has 0 aliphatic heterocycles. The van der Waals surface area contributed by atoms with E-state index >= 15 is 0 Å². The Morgan fingerprint density at radius 3 is 1.83 bits per heavy atom. The molecule has 0 unspecified atom stereocenters. The molecule has 0 aromatic rings. The van der Waals surface area contributed by atoms with Crippen LogP contribution in [0.15, 0.2) is 12.7 Å². The molecule has 0 fully saturated rings. The normalized spacial score (nSPS) is 3.33. The summed E-state index contributed by atoms with van der Waals surface area (Å²) in [6.07, 6.45) is 2.51. The molecule has 6 heavy (non-hydrogen) atoms. The maximum atomic E-state index is 8.93. The molecule has 1 nitrogen and oxygen atoms in total. The summed E-state index contributed by atoms with van der Waals surface area (Å²) >= 11 is 0. The molecule has 0 spiro atoms. The minimum Gasteiger partial charge on any atom is -0.419 e. The van der Waals surface area contributed by atoms with Crippen LogP contribution in [0.25, 0.3) is 0 Å². The van der Waals surface area contributed by atoms with Crippen LogP contribution in [0.2, 0.25) is 0 Å². The van der Waals surface area contributed by atoms with Crippen LogP contribution in [0.1, 0.15) is 0 Å². The van der Waals surface area contributed by atoms with E-state index in [2.05, 4.69) is 6.58 Å². The van der Waals surface area contributed by atoms with Crippen molar-refractivity contribution in [2.45, 2.75) is 0 Å². The van der Waals surface area contributed by atoms with Crippen LogP contribution in [-0.2, 0) is 47.5 Å². The predicted octanol–water partition coefficient (Wildman–Crippen LogP) is 0.277. The largest absolute Gasteiger partial charge is 0.419 e. The number of carbonyl (C=O) groups excluding carboxylic acids is 1. The molecule has 0 aromatic carbocycles. The number of hydrogen-bond donors (Lipinski definition) is 0. The van der Waals surface area contributed by atoms with Gasteiger partial charge in [-0.05, 0) is 6.29 Å². The molecule has 0 atom stereocenters. The summed E-state index contributed by atoms with van der Waals surface area (Å²) in [6, 6.07) is 0. The average molecular weight is 205 g/mol. The van der Waals surface area contributed by atoms with E-state index < -0.39 is 0 Å². The first-order valence-electron chi connectivity index (χ1n) is 0.901. The average Bonchev–Trinajstić information content (AvgIpc) is 1.37. The monoisotopic (exact) mass is 203 g/mol. The predicted molar refractivity (Wildman–Crippen MR) is 15.9 cm³/mol. The van der Waals surface area contributed by atoms with E-state index in [1.807, 2.05) is 0 Å². The van der Waals surface area contributed by atoms with Crippen molar-refractivity contribution in [3.05, 3.63) is 12.7 Å². The van der Waals surface area contributed by atoms with Gasteiger partial charge < -0.3 is 4.79 Å². The minimum absolute atomic E-state index is 0. The second-order valence-electron chi connectivity index (χ2n) is 0.322. The molecule has 0 radical (unpaired) electrons. The van der Waals surface area contributed by atoms with Crippen molar-refractivity contribution in [3.8, 4) is 0 Å². The Hall–Kier alpha value is 0.787. The van der Waals surface area contributed by atoms with Gasteiger partial charge in [-0.15, -0.1) is 0 Å². The Bertz CT molecular complexity index is 31.8. The number of hydrogen-bond acceptors (Lipinski definition) is 1. The summed E-state index contributed by atoms with van der Waals surface area (Å²) in [5.74, 6) is 0. The SMILES string of the molecule is C=C[C-]=O.[Ni].[Zr]. The summed E-state index contributed by atoms with van der Waals surface area (Å²) in [6.45, 7) is 3.06. The van der Waals surface area contributed by atoms with Gasteiger partial charge in [0.05, 0.1) is 0 Å². The summed E-state index contributed by atoms with van der Waals surface area (Å²) in [5, 5.41) is 0. The third-order valence-corrected chi connectivity index (χ3v) is 0.0833. The molecule has 0 aliphatic rings. The van der Waals surface area contributed by atoms with Gasteiger partial charge in [0.2, 0.25) is 0 Å². The van der Waals surface area contributed by atoms with Gasteiger partial charge in [0.15, 0.2) is 0 Å². The molecule has 0 saturated heterocycles. The molecule has 36 valence electrons. The Kier molecular flexibility index (Phi) is 45.1. The van der Waals surface area contributed by atoms with Crippen LogP contribution < -0.4 is 0 Å². The summed E-state index contributed by atoms with van der Waals surface area (Å²) in [7, 11) is 0. The van der Waals surface area contributed by atoms with Crippen molar-refractivity contribution >= 4 is 6.29 Å². The Balaban J connectivity index is -0.0000000450. The van der Waals surface area contributed by atoms with E-state index in [4.69, 9.17) is 4.79 Å². The smallest absolute Gasteiger partial charge is 0 e. The van der Waals surface area contributed by atoms with E-state index in [0.29, 0.717) is 0 Å². The van der Waals surface area contributed by atoms with E-state index in [9.17, 15) is 0 Å². The van der Waals surface area contributed by atoms with Crippen LogP contribution in [0.5, 0.6) is 0 Å². The van der Waals surface area contributed by atoms with Crippen molar-refractivity contribution in [2.24, 2.45) is 0 Å². The van der Waals surface area contributed by atoms with E-state index in [1.54, 1.807) is 0 Å². The van der Waals surface area contributed by atoms with E-state index in [0.717, 1.165) is 6.08 Å². The molecule has 0 amide bonds. The minimum atomic E-state index is 0. The van der Waals surface area contributed by atoms with Crippen molar-refractivity contribution in [1.29, 1.82) is 0 Å². The molecule has 0 aromatic heterocycles. The first kappa shape index (κ1) is 15.8. The van der Waals surface area contributed by atoms with Crippen molar-refractivity contribution in [1.82, 2.24) is 0 Å². The molecule has 0 bridgehead atoms. The molecular weight excluding hydrogens is 202 g/mol. The zero-order valence-electron chi connectivity index (χ0n) is 3.01. The van der Waals surface area contributed by atoms with Crippen molar-refractivity contribution < 1.29 is 47.5 Å². The van der Waals surface area contributed by atoms with Crippen LogP contribution in [-0.4, -0.2) is 6.29 Å². The van der Waals surface area contributed by atoms with Gasteiger partial charge in [-0.25, -0.2) is 12.7 Å². The first-order valence-corrected chi connectivity index (χ1v) is 0.901. The van der Waals surface area contributed by atoms with Crippen LogP contribution >= 0.6 is 0 Å². The third-order valence-electron chi connectivity index (χ3n) is 0.0833. The van der Waals surface area contributed by atoms with Gasteiger partial charge in [0.1, 0.15) is 0 Å². The van der Waals surface area contributed by atoms with E-state index in [1.165, 1.54) is 6.29 Å². The summed E-state index contributed by atoms with van der Waals surface area (Å²) < 4.78 is 0. The quantitative estimate of drug-likeness (QED) is 0.341. The molecule has 0 aliphatic carbocycles. The van der Waals surface area contributed by atoms with Crippen LogP contribution in [0.3, 0.4) is 0 Å². The standard InChI is InChI=1S/C3H3O.Ni.Zr/c1-2-3-4;;/h2H,1H2;;/q-1;;. The van der Waals surface area contributed by atoms with Gasteiger partial charge in [0.25, 0.3) is 0 Å². The number of rotatable bonds is 1. The van der Waals surface area contributed by atoms with Gasteiger partial charge >= 0.3 is 0 Å². The van der Waals surface area contributed by atoms with Gasteiger partial charge in [-0.2, -0.15) is 0 Å². The number of allylic oxidation sites excluding steroid dienone is 1. The van der Waals surface area contributed by atoms with Gasteiger partial charge in [0, 0.05) is 42.7 Å². The third kappa shape index (κ3) is 21.5. The fourth-order valence-corrected chi connectivity index (χ4v) is 0. The Labute approximate surface area is 66.2 Å². The molecular formula is C3H3NiOZr-. The fourth-order valence-electron chi connectivity index (χ4n) is 0. The first-order chi connectivity index (χ1) is 1.91. The van der Waals surface area contributed by atoms with Crippen LogP contribution in [0, 0.1) is 0 Å². The molecule has 0 N–H and O–H groups in total. The van der Waals surface area contributed by atoms with Crippen molar-refractivity contribution in [3.63, 3.8) is 0 Å². The topological polar surface area (TPSA) is 17.1 Å².